The first-order valence-corrected chi connectivity index (χ1v) is 13.4. The lowest BCUT2D eigenvalue weighted by atomic mass is 10.1. The molecule has 2 aliphatic heterocycles. The number of fused-ring (bicyclic) bond motifs is 1. The van der Waals surface area contributed by atoms with Crippen molar-refractivity contribution in [2.45, 2.75) is 31.4 Å². The zero-order valence-corrected chi connectivity index (χ0v) is 18.0. The summed E-state index contributed by atoms with van der Waals surface area (Å²) >= 11 is 1.57. The van der Waals surface area contributed by atoms with E-state index >= 15 is 0 Å². The summed E-state index contributed by atoms with van der Waals surface area (Å²) in [7, 11) is -16.3. The lowest BCUT2D eigenvalue weighted by Crippen LogP contribution is -2.32. The van der Waals surface area contributed by atoms with Gasteiger partial charge in [-0.2, -0.15) is 8.62 Å². The summed E-state index contributed by atoms with van der Waals surface area (Å²) in [5.74, 6) is 0. The Labute approximate surface area is 168 Å². The van der Waals surface area contributed by atoms with Crippen LogP contribution in [0.25, 0.3) is 6.08 Å². The van der Waals surface area contributed by atoms with Gasteiger partial charge < -0.3 is 34.3 Å². The summed E-state index contributed by atoms with van der Waals surface area (Å²) < 4.78 is 51.1. The zero-order valence-electron chi connectivity index (χ0n) is 14.5. The van der Waals surface area contributed by atoms with Crippen molar-refractivity contribution in [2.24, 2.45) is 0 Å². The summed E-state index contributed by atoms with van der Waals surface area (Å²) in [6, 6.07) is 1.98. The van der Waals surface area contributed by atoms with Gasteiger partial charge in [-0.05, 0) is 23.1 Å². The quantitative estimate of drug-likeness (QED) is 0.326. The molecule has 1 aromatic rings. The Morgan fingerprint density at radius 3 is 2.59 bits per heavy atom. The van der Waals surface area contributed by atoms with Crippen LogP contribution in [-0.2, 0) is 38.1 Å². The van der Waals surface area contributed by atoms with Crippen molar-refractivity contribution in [3.63, 3.8) is 0 Å². The molecule has 3 heterocycles. The zero-order chi connectivity index (χ0) is 21.4. The maximum atomic E-state index is 11.8. The Balaban J connectivity index is 1.54. The molecular weight excluding hydrogens is 475 g/mol. The highest BCUT2D eigenvalue weighted by Gasteiger charge is 2.43. The topological polar surface area (TPSA) is 193 Å². The van der Waals surface area contributed by atoms with Crippen LogP contribution in [0.1, 0.15) is 16.9 Å². The van der Waals surface area contributed by atoms with Crippen molar-refractivity contribution in [1.29, 1.82) is 0 Å². The Morgan fingerprint density at radius 1 is 1.17 bits per heavy atom. The molecule has 0 bridgehead atoms. The SMILES string of the molecule is O=P(O)(O)OP(=O)(O)OP(=O)(O)OC[C@H]1O[C@@H](N2C=Cc3ccsc3C2)CC1O. The average molecular weight is 493 g/mol. The number of aliphatic hydroxyl groups excluding tert-OH is 1. The van der Waals surface area contributed by atoms with E-state index in [-0.39, 0.29) is 6.42 Å². The molecule has 0 spiro atoms. The van der Waals surface area contributed by atoms with Crippen LogP contribution in [0.4, 0.5) is 0 Å². The fourth-order valence-electron chi connectivity index (χ4n) is 2.76. The monoisotopic (exact) mass is 493 g/mol. The summed E-state index contributed by atoms with van der Waals surface area (Å²) in [5, 5.41) is 12.1. The third-order valence-electron chi connectivity index (χ3n) is 3.94. The molecule has 1 aromatic heterocycles. The maximum Gasteiger partial charge on any atom is 0.490 e. The Hall–Kier alpha value is -0.430. The van der Waals surface area contributed by atoms with Crippen molar-refractivity contribution in [3.05, 3.63) is 28.1 Å². The van der Waals surface area contributed by atoms with E-state index in [0.29, 0.717) is 6.54 Å². The largest absolute Gasteiger partial charge is 0.490 e. The molecule has 1 saturated heterocycles. The van der Waals surface area contributed by atoms with Gasteiger partial charge in [0.2, 0.25) is 0 Å². The van der Waals surface area contributed by atoms with E-state index in [1.54, 1.807) is 17.5 Å². The third kappa shape index (κ3) is 6.52. The van der Waals surface area contributed by atoms with Gasteiger partial charge in [0, 0.05) is 17.5 Å². The van der Waals surface area contributed by atoms with Crippen molar-refractivity contribution in [2.75, 3.05) is 6.61 Å². The minimum atomic E-state index is -5.59. The number of ether oxygens (including phenoxy) is 1. The highest BCUT2D eigenvalue weighted by molar-refractivity contribution is 7.66. The van der Waals surface area contributed by atoms with Crippen LogP contribution in [0.5, 0.6) is 0 Å². The van der Waals surface area contributed by atoms with Crippen molar-refractivity contribution in [1.82, 2.24) is 4.90 Å². The van der Waals surface area contributed by atoms with E-state index in [9.17, 15) is 23.7 Å². The summed E-state index contributed by atoms with van der Waals surface area (Å²) in [6.45, 7) is -0.132. The molecule has 0 saturated carbocycles. The normalized spacial score (nSPS) is 28.7. The van der Waals surface area contributed by atoms with Crippen molar-refractivity contribution in [3.8, 4) is 0 Å². The van der Waals surface area contributed by atoms with E-state index in [0.717, 1.165) is 10.4 Å². The van der Waals surface area contributed by atoms with E-state index in [1.807, 2.05) is 22.4 Å². The van der Waals surface area contributed by atoms with Gasteiger partial charge in [-0.3, -0.25) is 4.52 Å². The van der Waals surface area contributed by atoms with Gasteiger partial charge in [-0.15, -0.1) is 11.3 Å². The van der Waals surface area contributed by atoms with Gasteiger partial charge >= 0.3 is 23.5 Å². The molecule has 0 aromatic carbocycles. The van der Waals surface area contributed by atoms with Crippen LogP contribution in [-0.4, -0.2) is 54.6 Å². The number of hydrogen-bond donors (Lipinski definition) is 5. The van der Waals surface area contributed by atoms with Crippen molar-refractivity contribution < 1.29 is 56.3 Å². The Kier molecular flexibility index (Phi) is 6.89. The summed E-state index contributed by atoms with van der Waals surface area (Å²) in [5.41, 5.74) is 1.09. The molecule has 164 valence electrons. The molecule has 0 amide bonds. The molecular formula is C12H18NO12P3S. The lowest BCUT2D eigenvalue weighted by molar-refractivity contribution is -0.0652. The molecule has 29 heavy (non-hydrogen) atoms. The molecule has 3 unspecified atom stereocenters. The standard InChI is InChI=1S/C12H18NO12P3S/c14-9-5-12(13-3-1-8-2-4-29-11(8)6-13)23-10(9)7-22-27(18,19)25-28(20,21)24-26(15,16)17/h1-4,9-10,12,14H,5-7H2,(H,18,19)(H,20,21)(H2,15,16,17)/t9?,10-,12-/m1/s1. The van der Waals surface area contributed by atoms with Crippen LogP contribution >= 0.6 is 34.8 Å². The van der Waals surface area contributed by atoms with E-state index in [4.69, 9.17) is 19.4 Å². The Morgan fingerprint density at radius 2 is 1.90 bits per heavy atom. The highest BCUT2D eigenvalue weighted by Crippen LogP contribution is 2.66. The minimum absolute atomic E-state index is 0.176. The van der Waals surface area contributed by atoms with Gasteiger partial charge in [-0.1, -0.05) is 0 Å². The number of thiophene rings is 1. The summed E-state index contributed by atoms with van der Waals surface area (Å²) in [4.78, 5) is 38.5. The first-order chi connectivity index (χ1) is 13.3. The lowest BCUT2D eigenvalue weighted by Gasteiger charge is -2.29. The first-order valence-electron chi connectivity index (χ1n) is 7.96. The molecule has 5 atom stereocenters. The smallest absolute Gasteiger partial charge is 0.390 e. The molecule has 3 rings (SSSR count). The Bertz CT molecular complexity index is 914. The van der Waals surface area contributed by atoms with Crippen LogP contribution in [0.2, 0.25) is 0 Å². The fraction of sp³-hybridized carbons (Fsp3) is 0.500. The average Bonchev–Trinajstić information content (AvgIpc) is 3.15. The molecule has 13 nitrogen and oxygen atoms in total. The van der Waals surface area contributed by atoms with Crippen molar-refractivity contribution >= 4 is 40.9 Å². The van der Waals surface area contributed by atoms with Crippen LogP contribution < -0.4 is 0 Å². The molecule has 0 aliphatic carbocycles. The van der Waals surface area contributed by atoms with E-state index in [1.165, 1.54) is 0 Å². The fourth-order valence-corrected chi connectivity index (χ4v) is 6.67. The molecule has 0 radical (unpaired) electrons. The van der Waals surface area contributed by atoms with Gasteiger partial charge in [0.15, 0.2) is 0 Å². The number of nitrogens with zero attached hydrogens (tertiary/aromatic N) is 1. The predicted molar refractivity (Wildman–Crippen MR) is 98.0 cm³/mol. The summed E-state index contributed by atoms with van der Waals surface area (Å²) in [6.07, 6.45) is 1.22. The first kappa shape index (κ1) is 23.2. The maximum absolute atomic E-state index is 11.8. The number of phosphoric ester groups is 1. The minimum Gasteiger partial charge on any atom is -0.390 e. The molecule has 1 fully saturated rings. The number of hydrogen-bond acceptors (Lipinski definition) is 10. The van der Waals surface area contributed by atoms with E-state index < -0.39 is 48.5 Å². The van der Waals surface area contributed by atoms with Crippen LogP contribution in [0, 0.1) is 0 Å². The van der Waals surface area contributed by atoms with Gasteiger partial charge in [0.05, 0.1) is 19.3 Å². The van der Waals surface area contributed by atoms with Gasteiger partial charge in [0.1, 0.15) is 12.3 Å². The number of rotatable bonds is 8. The second-order valence-corrected chi connectivity index (χ2v) is 11.5. The highest BCUT2D eigenvalue weighted by atomic mass is 32.1. The predicted octanol–water partition coefficient (Wildman–Crippen LogP) is 1.35. The van der Waals surface area contributed by atoms with Gasteiger partial charge in [0.25, 0.3) is 0 Å². The third-order valence-corrected chi connectivity index (χ3v) is 8.67. The number of phosphoric acid groups is 3. The molecule has 5 N–H and O–H groups in total. The number of aliphatic hydroxyl groups is 1. The van der Waals surface area contributed by atoms with Crippen LogP contribution in [0.3, 0.4) is 0 Å². The van der Waals surface area contributed by atoms with Gasteiger partial charge in [-0.25, -0.2) is 13.7 Å². The van der Waals surface area contributed by atoms with Crippen LogP contribution in [0.15, 0.2) is 17.6 Å². The van der Waals surface area contributed by atoms with E-state index in [2.05, 4.69) is 13.1 Å². The second kappa shape index (κ2) is 8.60. The molecule has 17 heteroatoms. The second-order valence-electron chi connectivity index (χ2n) is 6.11. The molecule has 2 aliphatic rings.